The maximum atomic E-state index is 4.54. The molecule has 1 aliphatic carbocycles. The van der Waals surface area contributed by atoms with Crippen molar-refractivity contribution in [3.05, 3.63) is 107 Å². The molecule has 0 bridgehead atoms. The first kappa shape index (κ1) is 35.5. The Hall–Kier alpha value is -2.54. The molecule has 2 aromatic carbocycles. The molecule has 212 valence electrons. The molecule has 1 saturated carbocycles. The van der Waals surface area contributed by atoms with Crippen molar-refractivity contribution >= 4 is 0 Å². The molecule has 1 nitrogen and oxygen atoms in total. The highest BCUT2D eigenvalue weighted by Crippen LogP contribution is 2.47. The maximum Gasteiger partial charge on any atom is 0.00299 e. The van der Waals surface area contributed by atoms with Crippen LogP contribution in [-0.4, -0.2) is 7.05 Å². The third kappa shape index (κ3) is 14.4. The molecule has 38 heavy (non-hydrogen) atoms. The summed E-state index contributed by atoms with van der Waals surface area (Å²) in [5.41, 5.74) is 9.86. The summed E-state index contributed by atoms with van der Waals surface area (Å²) in [5, 5.41) is 2.83. The van der Waals surface area contributed by atoms with Gasteiger partial charge in [0.15, 0.2) is 0 Å². The number of rotatable bonds is 9. The molecule has 1 aliphatic rings. The third-order valence-electron chi connectivity index (χ3n) is 7.50. The second-order valence-electron chi connectivity index (χ2n) is 10.7. The first-order chi connectivity index (χ1) is 18.1. The Morgan fingerprint density at radius 3 is 1.87 bits per heavy atom. The van der Waals surface area contributed by atoms with E-state index in [9.17, 15) is 0 Å². The van der Waals surface area contributed by atoms with Gasteiger partial charge in [-0.15, -0.1) is 6.58 Å². The Kier molecular flexibility index (Phi) is 19.1. The van der Waals surface area contributed by atoms with Crippen LogP contribution in [0.5, 0.6) is 0 Å². The molecule has 0 radical (unpaired) electrons. The zero-order valence-electron chi connectivity index (χ0n) is 26.3. The van der Waals surface area contributed by atoms with E-state index >= 15 is 0 Å². The number of aryl methyl sites for hydroxylation is 4. The summed E-state index contributed by atoms with van der Waals surface area (Å²) in [6, 6.07) is 17.4. The smallest absolute Gasteiger partial charge is 0.00299 e. The summed E-state index contributed by atoms with van der Waals surface area (Å²) < 4.78 is 0. The summed E-state index contributed by atoms with van der Waals surface area (Å²) in [7, 11) is 1.85. The van der Waals surface area contributed by atoms with Gasteiger partial charge in [-0.3, -0.25) is 0 Å². The minimum Gasteiger partial charge on any atom is -0.392 e. The van der Waals surface area contributed by atoms with E-state index in [0.717, 1.165) is 31.4 Å². The van der Waals surface area contributed by atoms with Crippen LogP contribution in [0.4, 0.5) is 0 Å². The van der Waals surface area contributed by atoms with Crippen molar-refractivity contribution in [3.8, 4) is 0 Å². The molecular formula is C37H59N. The summed E-state index contributed by atoms with van der Waals surface area (Å²) in [6.45, 7) is 26.8. The van der Waals surface area contributed by atoms with Crippen molar-refractivity contribution < 1.29 is 0 Å². The lowest BCUT2D eigenvalue weighted by Gasteiger charge is -2.40. The van der Waals surface area contributed by atoms with Crippen LogP contribution in [0, 0.1) is 19.3 Å². The number of hydrogen-bond donors (Lipinski definition) is 1. The predicted molar refractivity (Wildman–Crippen MR) is 174 cm³/mol. The molecule has 1 N–H and O–H groups in total. The standard InChI is InChI=1S/C22H32.C9H12.C4H9N.C2H6/c1-18(2)14-17-22(15-8-5-9-16-22)20(4)12-13-21-11-7-6-10-19(21)3;1-3-9-6-4-8(2)5-7-9;1-4(2)5-3;1-2/h6-7,10-11H,1,4-5,8-9,12-17H2,2-3H3;4-7H,3H2,1-2H3;5H,1H2,2-3H3;1-2H3. The number of nitrogens with one attached hydrogen (secondary N) is 1. The van der Waals surface area contributed by atoms with Gasteiger partial charge in [-0.2, -0.15) is 0 Å². The Morgan fingerprint density at radius 1 is 0.842 bits per heavy atom. The van der Waals surface area contributed by atoms with Crippen molar-refractivity contribution in [2.45, 2.75) is 113 Å². The van der Waals surface area contributed by atoms with Crippen molar-refractivity contribution in [1.82, 2.24) is 5.32 Å². The number of benzene rings is 2. The molecule has 0 spiro atoms. The van der Waals surface area contributed by atoms with E-state index in [0.29, 0.717) is 5.41 Å². The molecule has 0 atom stereocenters. The van der Waals surface area contributed by atoms with Crippen LogP contribution in [0.2, 0.25) is 0 Å². The van der Waals surface area contributed by atoms with E-state index in [4.69, 9.17) is 0 Å². The Balaban J connectivity index is 0.000000702. The molecule has 2 aromatic rings. The average molecular weight is 518 g/mol. The lowest BCUT2D eigenvalue weighted by Crippen LogP contribution is -2.26. The van der Waals surface area contributed by atoms with Crippen LogP contribution in [0.15, 0.2) is 85.1 Å². The van der Waals surface area contributed by atoms with Crippen LogP contribution in [0.1, 0.15) is 108 Å². The molecule has 0 amide bonds. The van der Waals surface area contributed by atoms with Gasteiger partial charge in [-0.05, 0) is 100 Å². The van der Waals surface area contributed by atoms with Crippen LogP contribution in [0.3, 0.4) is 0 Å². The molecule has 0 saturated heterocycles. The molecule has 0 aromatic heterocycles. The van der Waals surface area contributed by atoms with Gasteiger partial charge in [-0.25, -0.2) is 0 Å². The monoisotopic (exact) mass is 517 g/mol. The zero-order chi connectivity index (χ0) is 29.0. The normalized spacial score (nSPS) is 13.3. The van der Waals surface area contributed by atoms with Gasteiger partial charge in [-0.1, -0.05) is 118 Å². The quantitative estimate of drug-likeness (QED) is 0.326. The van der Waals surface area contributed by atoms with Crippen molar-refractivity contribution in [2.24, 2.45) is 5.41 Å². The first-order valence-corrected chi connectivity index (χ1v) is 14.9. The SMILES string of the molecule is C=C(C)CCC1(C(=C)CCc2ccccc2C)CCCCC1.C=C(C)NC.CC.CCc1ccc(C)cc1. The summed E-state index contributed by atoms with van der Waals surface area (Å²) in [6.07, 6.45) is 12.7. The van der Waals surface area contributed by atoms with Gasteiger partial charge in [0.2, 0.25) is 0 Å². The Morgan fingerprint density at radius 2 is 1.39 bits per heavy atom. The van der Waals surface area contributed by atoms with Gasteiger partial charge in [0.1, 0.15) is 0 Å². The second kappa shape index (κ2) is 20.4. The highest BCUT2D eigenvalue weighted by Gasteiger charge is 2.33. The number of allylic oxidation sites excluding steroid dienone is 3. The number of hydrogen-bond acceptors (Lipinski definition) is 1. The summed E-state index contributed by atoms with van der Waals surface area (Å²) >= 11 is 0. The first-order valence-electron chi connectivity index (χ1n) is 14.9. The lowest BCUT2D eigenvalue weighted by molar-refractivity contribution is 0.216. The van der Waals surface area contributed by atoms with E-state index in [1.165, 1.54) is 71.9 Å². The molecule has 1 fully saturated rings. The van der Waals surface area contributed by atoms with Crippen LogP contribution < -0.4 is 5.32 Å². The summed E-state index contributed by atoms with van der Waals surface area (Å²) in [4.78, 5) is 0. The largest absolute Gasteiger partial charge is 0.392 e. The van der Waals surface area contributed by atoms with Crippen LogP contribution >= 0.6 is 0 Å². The third-order valence-corrected chi connectivity index (χ3v) is 7.50. The fourth-order valence-corrected chi connectivity index (χ4v) is 4.73. The fourth-order valence-electron chi connectivity index (χ4n) is 4.73. The maximum absolute atomic E-state index is 4.54. The predicted octanol–water partition coefficient (Wildman–Crippen LogP) is 11.1. The van der Waals surface area contributed by atoms with E-state index in [1.54, 1.807) is 0 Å². The highest BCUT2D eigenvalue weighted by atomic mass is 14.8. The molecule has 0 heterocycles. The van der Waals surface area contributed by atoms with Crippen molar-refractivity contribution in [2.75, 3.05) is 7.05 Å². The lowest BCUT2D eigenvalue weighted by atomic mass is 9.65. The van der Waals surface area contributed by atoms with Crippen molar-refractivity contribution in [1.29, 1.82) is 0 Å². The van der Waals surface area contributed by atoms with E-state index in [-0.39, 0.29) is 0 Å². The second-order valence-corrected chi connectivity index (χ2v) is 10.7. The molecular weight excluding hydrogens is 458 g/mol. The molecule has 0 aliphatic heterocycles. The van der Waals surface area contributed by atoms with Gasteiger partial charge in [0.05, 0.1) is 0 Å². The van der Waals surface area contributed by atoms with Gasteiger partial charge in [0, 0.05) is 7.05 Å². The van der Waals surface area contributed by atoms with Crippen molar-refractivity contribution in [3.63, 3.8) is 0 Å². The van der Waals surface area contributed by atoms with E-state index < -0.39 is 0 Å². The van der Waals surface area contributed by atoms with E-state index in [2.05, 4.69) is 101 Å². The Labute approximate surface area is 237 Å². The highest BCUT2D eigenvalue weighted by molar-refractivity contribution is 5.27. The topological polar surface area (TPSA) is 12.0 Å². The van der Waals surface area contributed by atoms with Gasteiger partial charge < -0.3 is 5.32 Å². The van der Waals surface area contributed by atoms with Crippen LogP contribution in [-0.2, 0) is 12.8 Å². The minimum absolute atomic E-state index is 0.389. The fraction of sp³-hybridized carbons (Fsp3) is 0.514. The Bertz CT molecular complexity index is 925. The zero-order valence-corrected chi connectivity index (χ0v) is 26.3. The molecule has 1 heteroatoms. The molecule has 3 rings (SSSR count). The average Bonchev–Trinajstić information content (AvgIpc) is 2.94. The summed E-state index contributed by atoms with van der Waals surface area (Å²) in [5.74, 6) is 0. The van der Waals surface area contributed by atoms with E-state index in [1.807, 2.05) is 27.8 Å². The minimum atomic E-state index is 0.389. The van der Waals surface area contributed by atoms with Gasteiger partial charge in [0.25, 0.3) is 0 Å². The van der Waals surface area contributed by atoms with Gasteiger partial charge >= 0.3 is 0 Å². The van der Waals surface area contributed by atoms with Crippen LogP contribution in [0.25, 0.3) is 0 Å². The molecule has 0 unspecified atom stereocenters.